The normalized spacial score (nSPS) is 26.2. The predicted octanol–water partition coefficient (Wildman–Crippen LogP) is -0.830. The molecule has 0 bridgehead atoms. The molecule has 3 atom stereocenters. The fourth-order valence-corrected chi connectivity index (χ4v) is 1.61. The van der Waals surface area contributed by atoms with Crippen molar-refractivity contribution in [3.63, 3.8) is 0 Å². The van der Waals surface area contributed by atoms with E-state index in [-0.39, 0.29) is 12.0 Å². The number of amides is 1. The summed E-state index contributed by atoms with van der Waals surface area (Å²) in [6.45, 7) is 1.98. The molecule has 0 unspecified atom stereocenters. The number of methoxy groups -OCH3 is 1. The number of carbonyl (C=O) groups is 2. The smallest absolute Gasteiger partial charge is 0.328 e. The summed E-state index contributed by atoms with van der Waals surface area (Å²) in [6.07, 6.45) is 0.868. The summed E-state index contributed by atoms with van der Waals surface area (Å²) in [6, 6.07) is -0.655. The summed E-state index contributed by atoms with van der Waals surface area (Å²) < 4.78 is 9.90. The second-order valence-corrected chi connectivity index (χ2v) is 3.81. The van der Waals surface area contributed by atoms with Crippen LogP contribution in [0.1, 0.15) is 19.8 Å². The van der Waals surface area contributed by atoms with Crippen molar-refractivity contribution in [1.29, 1.82) is 0 Å². The van der Waals surface area contributed by atoms with Gasteiger partial charge in [0.1, 0.15) is 12.1 Å². The summed E-state index contributed by atoms with van der Waals surface area (Å²) in [5.74, 6) is -0.754. The van der Waals surface area contributed by atoms with E-state index >= 15 is 0 Å². The summed E-state index contributed by atoms with van der Waals surface area (Å²) in [4.78, 5) is 22.7. The van der Waals surface area contributed by atoms with E-state index in [9.17, 15) is 9.59 Å². The Balaban J connectivity index is 2.38. The van der Waals surface area contributed by atoms with E-state index in [1.54, 1.807) is 6.92 Å². The van der Waals surface area contributed by atoms with Gasteiger partial charge in [0.25, 0.3) is 0 Å². The van der Waals surface area contributed by atoms with Crippen molar-refractivity contribution in [2.24, 2.45) is 5.73 Å². The lowest BCUT2D eigenvalue weighted by molar-refractivity contribution is -0.146. The summed E-state index contributed by atoms with van der Waals surface area (Å²) >= 11 is 0. The van der Waals surface area contributed by atoms with Crippen LogP contribution in [-0.4, -0.2) is 43.8 Å². The van der Waals surface area contributed by atoms with E-state index in [1.165, 1.54) is 7.11 Å². The molecule has 0 radical (unpaired) electrons. The average Bonchev–Trinajstić information content (AvgIpc) is 2.76. The zero-order valence-corrected chi connectivity index (χ0v) is 9.56. The second-order valence-electron chi connectivity index (χ2n) is 3.81. The Labute approximate surface area is 94.5 Å². The molecule has 0 aliphatic carbocycles. The Hall–Kier alpha value is -1.14. The van der Waals surface area contributed by atoms with Crippen molar-refractivity contribution in [3.8, 4) is 0 Å². The maximum Gasteiger partial charge on any atom is 0.328 e. The molecular formula is C10H18N2O4. The number of nitrogens with two attached hydrogens (primary N) is 1. The highest BCUT2D eigenvalue weighted by atomic mass is 16.5. The minimum atomic E-state index is -0.655. The Morgan fingerprint density at radius 2 is 2.25 bits per heavy atom. The predicted molar refractivity (Wildman–Crippen MR) is 56.6 cm³/mol. The van der Waals surface area contributed by atoms with E-state index in [2.05, 4.69) is 10.1 Å². The highest BCUT2D eigenvalue weighted by Crippen LogP contribution is 2.18. The van der Waals surface area contributed by atoms with Crippen LogP contribution < -0.4 is 11.1 Å². The lowest BCUT2D eigenvalue weighted by Gasteiger charge is -2.15. The van der Waals surface area contributed by atoms with Crippen molar-refractivity contribution in [2.45, 2.75) is 38.0 Å². The van der Waals surface area contributed by atoms with Crippen molar-refractivity contribution in [2.75, 3.05) is 13.7 Å². The number of ether oxygens (including phenoxy) is 2. The number of hydrogen-bond acceptors (Lipinski definition) is 5. The van der Waals surface area contributed by atoms with Crippen molar-refractivity contribution in [1.82, 2.24) is 5.32 Å². The molecule has 92 valence electrons. The summed E-state index contributed by atoms with van der Waals surface area (Å²) in [7, 11) is 1.28. The molecule has 1 aliphatic rings. The third-order valence-electron chi connectivity index (χ3n) is 2.58. The van der Waals surface area contributed by atoms with Gasteiger partial charge in [0, 0.05) is 6.54 Å². The Morgan fingerprint density at radius 3 is 2.75 bits per heavy atom. The van der Waals surface area contributed by atoms with Gasteiger partial charge in [-0.15, -0.1) is 0 Å². The van der Waals surface area contributed by atoms with Gasteiger partial charge in [0.2, 0.25) is 5.91 Å². The zero-order chi connectivity index (χ0) is 12.1. The van der Waals surface area contributed by atoms with Crippen LogP contribution in [0, 0.1) is 0 Å². The van der Waals surface area contributed by atoms with Gasteiger partial charge in [0.15, 0.2) is 0 Å². The molecule has 3 N–H and O–H groups in total. The Bertz CT molecular complexity index is 270. The summed E-state index contributed by atoms with van der Waals surface area (Å²) in [5.41, 5.74) is 5.44. The quantitative estimate of drug-likeness (QED) is 0.615. The van der Waals surface area contributed by atoms with Gasteiger partial charge >= 0.3 is 5.97 Å². The fraction of sp³-hybridized carbons (Fsp3) is 0.800. The Kier molecular flexibility index (Phi) is 4.70. The molecule has 1 aliphatic heterocycles. The first-order chi connectivity index (χ1) is 7.58. The molecule has 1 amide bonds. The van der Waals surface area contributed by atoms with Crippen LogP contribution >= 0.6 is 0 Å². The van der Waals surface area contributed by atoms with Crippen molar-refractivity contribution in [3.05, 3.63) is 0 Å². The molecule has 1 rings (SSSR count). The first kappa shape index (κ1) is 12.9. The van der Waals surface area contributed by atoms with E-state index in [0.717, 1.165) is 6.42 Å². The number of hydrogen-bond donors (Lipinski definition) is 2. The van der Waals surface area contributed by atoms with Crippen LogP contribution in [-0.2, 0) is 19.1 Å². The number of nitrogens with one attached hydrogen (secondary N) is 1. The molecule has 0 saturated carbocycles. The second kappa shape index (κ2) is 5.81. The van der Waals surface area contributed by atoms with Gasteiger partial charge in [-0.2, -0.15) is 0 Å². The van der Waals surface area contributed by atoms with Gasteiger partial charge in [-0.1, -0.05) is 0 Å². The van der Waals surface area contributed by atoms with E-state index in [0.29, 0.717) is 13.0 Å². The lowest BCUT2D eigenvalue weighted by Crippen LogP contribution is -2.44. The van der Waals surface area contributed by atoms with E-state index in [1.807, 2.05) is 0 Å². The first-order valence-corrected chi connectivity index (χ1v) is 5.32. The lowest BCUT2D eigenvalue weighted by atomic mass is 10.2. The first-order valence-electron chi connectivity index (χ1n) is 5.32. The van der Waals surface area contributed by atoms with Crippen LogP contribution in [0.5, 0.6) is 0 Å². The third-order valence-corrected chi connectivity index (χ3v) is 2.58. The minimum absolute atomic E-state index is 0.0517. The molecular weight excluding hydrogens is 212 g/mol. The maximum absolute atomic E-state index is 11.7. The van der Waals surface area contributed by atoms with Gasteiger partial charge in [-0.05, 0) is 19.8 Å². The molecule has 0 aromatic rings. The molecule has 1 fully saturated rings. The molecule has 0 aromatic carbocycles. The largest absolute Gasteiger partial charge is 0.467 e. The van der Waals surface area contributed by atoms with Gasteiger partial charge < -0.3 is 20.5 Å². The maximum atomic E-state index is 11.7. The molecule has 6 nitrogen and oxygen atoms in total. The van der Waals surface area contributed by atoms with Crippen LogP contribution in [0.15, 0.2) is 0 Å². The molecule has 1 saturated heterocycles. The van der Waals surface area contributed by atoms with Gasteiger partial charge in [0.05, 0.1) is 13.2 Å². The van der Waals surface area contributed by atoms with Gasteiger partial charge in [-0.3, -0.25) is 4.79 Å². The minimum Gasteiger partial charge on any atom is -0.467 e. The average molecular weight is 230 g/mol. The topological polar surface area (TPSA) is 90.7 Å². The van der Waals surface area contributed by atoms with Crippen LogP contribution in [0.4, 0.5) is 0 Å². The van der Waals surface area contributed by atoms with E-state index < -0.39 is 18.1 Å². The monoisotopic (exact) mass is 230 g/mol. The molecule has 1 heterocycles. The highest BCUT2D eigenvalue weighted by molar-refractivity contribution is 5.86. The van der Waals surface area contributed by atoms with Crippen LogP contribution in [0.2, 0.25) is 0 Å². The number of carbonyl (C=O) groups excluding carboxylic acids is 2. The fourth-order valence-electron chi connectivity index (χ4n) is 1.61. The van der Waals surface area contributed by atoms with Crippen molar-refractivity contribution >= 4 is 11.9 Å². The van der Waals surface area contributed by atoms with Crippen molar-refractivity contribution < 1.29 is 19.1 Å². The Morgan fingerprint density at radius 1 is 1.56 bits per heavy atom. The van der Waals surface area contributed by atoms with Gasteiger partial charge in [-0.25, -0.2) is 4.79 Å². The van der Waals surface area contributed by atoms with Crippen LogP contribution in [0.3, 0.4) is 0 Å². The number of rotatable bonds is 4. The molecule has 0 aromatic heterocycles. The molecule has 0 spiro atoms. The summed E-state index contributed by atoms with van der Waals surface area (Å²) in [5, 5.41) is 2.54. The molecule has 16 heavy (non-hydrogen) atoms. The third kappa shape index (κ3) is 3.18. The molecule has 6 heteroatoms. The van der Waals surface area contributed by atoms with E-state index in [4.69, 9.17) is 10.5 Å². The zero-order valence-electron chi connectivity index (χ0n) is 9.56. The van der Waals surface area contributed by atoms with Crippen LogP contribution in [0.25, 0.3) is 0 Å². The number of esters is 1. The SMILES string of the molecule is COC(=O)[C@@H](C)NC(=O)[C@@H]1CC[C@H](CN)O1. The standard InChI is InChI=1S/C10H18N2O4/c1-6(10(14)15-2)12-9(13)8-4-3-7(5-11)16-8/h6-8H,3-5,11H2,1-2H3,(H,12,13)/t6-,7-,8+/m1/s1. The highest BCUT2D eigenvalue weighted by Gasteiger charge is 2.31.